The van der Waals surface area contributed by atoms with Crippen molar-refractivity contribution < 1.29 is 0 Å². The molecular formula is C19H36IN5S. The molecule has 0 bridgehead atoms. The number of hydrogen-bond donors (Lipinski definition) is 2. The third kappa shape index (κ3) is 7.23. The molecule has 0 aromatic carbocycles. The van der Waals surface area contributed by atoms with Gasteiger partial charge in [0.15, 0.2) is 5.96 Å². The van der Waals surface area contributed by atoms with Gasteiger partial charge < -0.3 is 15.5 Å². The Kier molecular flexibility index (Phi) is 10.9. The SMILES string of the molecule is CN=C(NCCN(C(C)C)C(C)C)NC1CCN(c2cccs2)CC1.I. The van der Waals surface area contributed by atoms with Gasteiger partial charge in [-0.3, -0.25) is 9.89 Å². The molecule has 0 radical (unpaired) electrons. The van der Waals surface area contributed by atoms with Crippen molar-refractivity contribution in [1.82, 2.24) is 15.5 Å². The first-order valence-corrected chi connectivity index (χ1v) is 10.4. The summed E-state index contributed by atoms with van der Waals surface area (Å²) in [6.07, 6.45) is 2.31. The minimum Gasteiger partial charge on any atom is -0.363 e. The largest absolute Gasteiger partial charge is 0.363 e. The number of nitrogens with zero attached hydrogens (tertiary/aromatic N) is 3. The van der Waals surface area contributed by atoms with Crippen molar-refractivity contribution in [2.75, 3.05) is 38.1 Å². The smallest absolute Gasteiger partial charge is 0.191 e. The summed E-state index contributed by atoms with van der Waals surface area (Å²) in [6, 6.07) is 5.99. The summed E-state index contributed by atoms with van der Waals surface area (Å²) in [6.45, 7) is 13.2. The molecule has 0 unspecified atom stereocenters. The average molecular weight is 494 g/mol. The van der Waals surface area contributed by atoms with Crippen LogP contribution < -0.4 is 15.5 Å². The van der Waals surface area contributed by atoms with Crippen LogP contribution in [0.4, 0.5) is 5.00 Å². The predicted molar refractivity (Wildman–Crippen MR) is 126 cm³/mol. The van der Waals surface area contributed by atoms with E-state index in [1.54, 1.807) is 0 Å². The third-order valence-electron chi connectivity index (χ3n) is 4.87. The van der Waals surface area contributed by atoms with Crippen LogP contribution in [0.5, 0.6) is 0 Å². The fourth-order valence-corrected chi connectivity index (χ4v) is 4.28. The highest BCUT2D eigenvalue weighted by Gasteiger charge is 2.20. The maximum Gasteiger partial charge on any atom is 0.191 e. The summed E-state index contributed by atoms with van der Waals surface area (Å²) >= 11 is 1.83. The Morgan fingerprint density at radius 2 is 1.92 bits per heavy atom. The molecule has 0 amide bonds. The van der Waals surface area contributed by atoms with Gasteiger partial charge in [0.25, 0.3) is 0 Å². The molecule has 2 N–H and O–H groups in total. The number of halogens is 1. The summed E-state index contributed by atoms with van der Waals surface area (Å²) < 4.78 is 0. The van der Waals surface area contributed by atoms with Crippen molar-refractivity contribution in [3.8, 4) is 0 Å². The highest BCUT2D eigenvalue weighted by Crippen LogP contribution is 2.24. The van der Waals surface area contributed by atoms with Crippen molar-refractivity contribution in [2.24, 2.45) is 4.99 Å². The topological polar surface area (TPSA) is 42.9 Å². The lowest BCUT2D eigenvalue weighted by molar-refractivity contribution is 0.178. The molecule has 0 saturated carbocycles. The van der Waals surface area contributed by atoms with Crippen molar-refractivity contribution in [3.63, 3.8) is 0 Å². The lowest BCUT2D eigenvalue weighted by Gasteiger charge is -2.34. The highest BCUT2D eigenvalue weighted by atomic mass is 127. The minimum atomic E-state index is 0. The molecule has 150 valence electrons. The quantitative estimate of drug-likeness (QED) is 0.346. The van der Waals surface area contributed by atoms with E-state index in [4.69, 9.17) is 0 Å². The second kappa shape index (κ2) is 12.0. The maximum atomic E-state index is 4.40. The summed E-state index contributed by atoms with van der Waals surface area (Å²) in [5.41, 5.74) is 0. The molecule has 0 spiro atoms. The van der Waals surface area contributed by atoms with Gasteiger partial charge in [-0.1, -0.05) is 0 Å². The molecule has 2 heterocycles. The third-order valence-corrected chi connectivity index (χ3v) is 5.80. The van der Waals surface area contributed by atoms with Gasteiger partial charge in [0.05, 0.1) is 5.00 Å². The minimum absolute atomic E-state index is 0. The number of nitrogens with one attached hydrogen (secondary N) is 2. The van der Waals surface area contributed by atoms with Crippen LogP contribution in [0.15, 0.2) is 22.5 Å². The van der Waals surface area contributed by atoms with E-state index < -0.39 is 0 Å². The lowest BCUT2D eigenvalue weighted by Crippen LogP contribution is -2.50. The predicted octanol–water partition coefficient (Wildman–Crippen LogP) is 3.62. The zero-order valence-electron chi connectivity index (χ0n) is 16.9. The highest BCUT2D eigenvalue weighted by molar-refractivity contribution is 14.0. The fourth-order valence-electron chi connectivity index (χ4n) is 3.50. The molecule has 1 saturated heterocycles. The molecule has 1 aliphatic rings. The Morgan fingerprint density at radius 1 is 1.27 bits per heavy atom. The van der Waals surface area contributed by atoms with E-state index >= 15 is 0 Å². The zero-order valence-corrected chi connectivity index (χ0v) is 20.0. The lowest BCUT2D eigenvalue weighted by atomic mass is 10.1. The van der Waals surface area contributed by atoms with Gasteiger partial charge in [0.1, 0.15) is 0 Å². The van der Waals surface area contributed by atoms with E-state index in [1.165, 1.54) is 5.00 Å². The summed E-state index contributed by atoms with van der Waals surface area (Å²) in [7, 11) is 1.86. The van der Waals surface area contributed by atoms with Gasteiger partial charge in [0.2, 0.25) is 0 Å². The Hall–Kier alpha value is -0.540. The Morgan fingerprint density at radius 3 is 2.42 bits per heavy atom. The first-order valence-electron chi connectivity index (χ1n) is 9.52. The molecular weight excluding hydrogens is 457 g/mol. The number of guanidine groups is 1. The molecule has 1 aromatic heterocycles. The number of aliphatic imine (C=N–C) groups is 1. The molecule has 1 fully saturated rings. The van der Waals surface area contributed by atoms with Crippen molar-refractivity contribution >= 4 is 46.3 Å². The van der Waals surface area contributed by atoms with E-state index in [-0.39, 0.29) is 24.0 Å². The number of thiophene rings is 1. The van der Waals surface area contributed by atoms with Gasteiger partial charge >= 0.3 is 0 Å². The van der Waals surface area contributed by atoms with Crippen molar-refractivity contribution in [2.45, 2.75) is 58.7 Å². The van der Waals surface area contributed by atoms with Crippen LogP contribution >= 0.6 is 35.3 Å². The first kappa shape index (κ1) is 23.5. The second-order valence-electron chi connectivity index (χ2n) is 7.28. The Balaban J connectivity index is 0.00000338. The Labute approximate surface area is 180 Å². The normalized spacial score (nSPS) is 16.3. The molecule has 2 rings (SSSR count). The molecule has 1 aliphatic heterocycles. The number of hydrogen-bond acceptors (Lipinski definition) is 4. The zero-order chi connectivity index (χ0) is 18.2. The van der Waals surface area contributed by atoms with Crippen LogP contribution in [0, 0.1) is 0 Å². The standard InChI is InChI=1S/C19H35N5S.HI/c1-15(2)24(16(3)4)13-10-21-19(20-5)22-17-8-11-23(12-9-17)18-7-6-14-25-18;/h6-7,14-17H,8-13H2,1-5H3,(H2,20,21,22);1H. The van der Waals surface area contributed by atoms with Gasteiger partial charge in [-0.2, -0.15) is 0 Å². The van der Waals surface area contributed by atoms with Gasteiger partial charge in [-0.15, -0.1) is 35.3 Å². The van der Waals surface area contributed by atoms with E-state index in [0.717, 1.165) is 45.0 Å². The van der Waals surface area contributed by atoms with Crippen molar-refractivity contribution in [1.29, 1.82) is 0 Å². The average Bonchev–Trinajstić information content (AvgIpc) is 3.12. The maximum absolute atomic E-state index is 4.40. The van der Waals surface area contributed by atoms with E-state index in [1.807, 2.05) is 18.4 Å². The molecule has 5 nitrogen and oxygen atoms in total. The fraction of sp³-hybridized carbons (Fsp3) is 0.737. The summed E-state index contributed by atoms with van der Waals surface area (Å²) in [5.74, 6) is 0.932. The molecule has 7 heteroatoms. The van der Waals surface area contributed by atoms with E-state index in [2.05, 4.69) is 70.6 Å². The van der Waals surface area contributed by atoms with Crippen LogP contribution in [0.3, 0.4) is 0 Å². The monoisotopic (exact) mass is 493 g/mol. The van der Waals surface area contributed by atoms with Crippen LogP contribution in [0.25, 0.3) is 0 Å². The van der Waals surface area contributed by atoms with Crippen LogP contribution in [0.2, 0.25) is 0 Å². The van der Waals surface area contributed by atoms with Gasteiger partial charge in [-0.25, -0.2) is 0 Å². The molecule has 0 aliphatic carbocycles. The molecule has 26 heavy (non-hydrogen) atoms. The first-order chi connectivity index (χ1) is 12.0. The van der Waals surface area contributed by atoms with E-state index in [0.29, 0.717) is 18.1 Å². The number of piperidine rings is 1. The van der Waals surface area contributed by atoms with E-state index in [9.17, 15) is 0 Å². The van der Waals surface area contributed by atoms with Crippen LogP contribution in [-0.4, -0.2) is 62.2 Å². The molecule has 1 aromatic rings. The summed E-state index contributed by atoms with van der Waals surface area (Å²) in [4.78, 5) is 9.39. The van der Waals surface area contributed by atoms with Crippen LogP contribution in [0.1, 0.15) is 40.5 Å². The number of rotatable bonds is 7. The molecule has 0 atom stereocenters. The van der Waals surface area contributed by atoms with Gasteiger partial charge in [0, 0.05) is 51.4 Å². The van der Waals surface area contributed by atoms with Crippen molar-refractivity contribution in [3.05, 3.63) is 17.5 Å². The summed E-state index contributed by atoms with van der Waals surface area (Å²) in [5, 5.41) is 10.6. The van der Waals surface area contributed by atoms with Crippen LogP contribution in [-0.2, 0) is 0 Å². The van der Waals surface area contributed by atoms with Gasteiger partial charge in [-0.05, 0) is 58.0 Å². The second-order valence-corrected chi connectivity index (χ2v) is 8.21. The Bertz CT molecular complexity index is 502. The number of anilines is 1.